The first-order chi connectivity index (χ1) is 9.81. The Morgan fingerprint density at radius 2 is 1.95 bits per heavy atom. The monoisotopic (exact) mass is 308 g/mol. The fourth-order valence-electron chi connectivity index (χ4n) is 3.82. The maximum Gasteiger partial charge on any atom is 0.522 e. The van der Waals surface area contributed by atoms with Crippen molar-refractivity contribution in [3.05, 3.63) is 0 Å². The van der Waals surface area contributed by atoms with E-state index in [-0.39, 0.29) is 12.1 Å². The summed E-state index contributed by atoms with van der Waals surface area (Å²) >= 11 is 0. The first-order valence-corrected chi connectivity index (χ1v) is 8.00. The summed E-state index contributed by atoms with van der Waals surface area (Å²) in [7, 11) is 0. The van der Waals surface area contributed by atoms with Crippen LogP contribution in [0.1, 0.15) is 46.0 Å². The van der Waals surface area contributed by atoms with Crippen LogP contribution in [0.4, 0.5) is 13.2 Å². The van der Waals surface area contributed by atoms with E-state index in [1.54, 1.807) is 0 Å². The van der Waals surface area contributed by atoms with E-state index in [1.165, 1.54) is 12.8 Å². The van der Waals surface area contributed by atoms with Gasteiger partial charge in [-0.3, -0.25) is 9.64 Å². The van der Waals surface area contributed by atoms with Crippen LogP contribution in [0, 0.1) is 5.92 Å². The summed E-state index contributed by atoms with van der Waals surface area (Å²) in [4.78, 5) is 2.26. The molecule has 2 rings (SSSR count). The Labute approximate surface area is 125 Å². The highest BCUT2D eigenvalue weighted by molar-refractivity contribution is 5.01. The van der Waals surface area contributed by atoms with E-state index in [2.05, 4.69) is 28.8 Å². The van der Waals surface area contributed by atoms with Crippen LogP contribution in [0.3, 0.4) is 0 Å². The third-order valence-electron chi connectivity index (χ3n) is 4.75. The smallest absolute Gasteiger partial charge is 0.311 e. The van der Waals surface area contributed by atoms with Gasteiger partial charge in [-0.25, -0.2) is 0 Å². The van der Waals surface area contributed by atoms with Crippen LogP contribution in [-0.2, 0) is 4.74 Å². The Kier molecular flexibility index (Phi) is 5.54. The topological polar surface area (TPSA) is 24.5 Å². The molecule has 21 heavy (non-hydrogen) atoms. The van der Waals surface area contributed by atoms with E-state index in [0.717, 1.165) is 32.4 Å². The summed E-state index contributed by atoms with van der Waals surface area (Å²) in [6.45, 7) is 6.20. The molecule has 1 saturated heterocycles. The van der Waals surface area contributed by atoms with Gasteiger partial charge in [0, 0.05) is 31.2 Å². The van der Waals surface area contributed by atoms with Gasteiger partial charge >= 0.3 is 6.36 Å². The van der Waals surface area contributed by atoms with E-state index in [0.29, 0.717) is 18.5 Å². The molecule has 0 bridgehead atoms. The normalized spacial score (nSPS) is 26.9. The highest BCUT2D eigenvalue weighted by atomic mass is 19.4. The van der Waals surface area contributed by atoms with Gasteiger partial charge < -0.3 is 5.32 Å². The largest absolute Gasteiger partial charge is 0.522 e. The van der Waals surface area contributed by atoms with Crippen molar-refractivity contribution < 1.29 is 17.9 Å². The third kappa shape index (κ3) is 4.83. The van der Waals surface area contributed by atoms with Gasteiger partial charge in [-0.15, -0.1) is 13.2 Å². The lowest BCUT2D eigenvalue weighted by atomic mass is 9.89. The van der Waals surface area contributed by atoms with Crippen LogP contribution in [0.5, 0.6) is 0 Å². The molecule has 1 heterocycles. The van der Waals surface area contributed by atoms with Gasteiger partial charge in [0.15, 0.2) is 0 Å². The van der Waals surface area contributed by atoms with Gasteiger partial charge in [-0.05, 0) is 25.2 Å². The number of hydrogen-bond acceptors (Lipinski definition) is 3. The van der Waals surface area contributed by atoms with Crippen molar-refractivity contribution in [1.82, 2.24) is 10.2 Å². The van der Waals surface area contributed by atoms with Gasteiger partial charge in [0.1, 0.15) is 0 Å². The summed E-state index contributed by atoms with van der Waals surface area (Å²) in [5.41, 5.74) is 0.0580. The summed E-state index contributed by atoms with van der Waals surface area (Å²) in [6.07, 6.45) is 1.06. The standard InChI is InChI=1S/C15H27F3N2O/c1-12(2)9-13-10-20(7-8-21-15(16,17)18)14(11-19-13)5-3-4-6-14/h12-13,19H,3-11H2,1-2H3. The molecule has 0 amide bonds. The average molecular weight is 308 g/mol. The Balaban J connectivity index is 1.93. The third-order valence-corrected chi connectivity index (χ3v) is 4.75. The molecule has 0 aromatic rings. The van der Waals surface area contributed by atoms with E-state index >= 15 is 0 Å². The van der Waals surface area contributed by atoms with Crippen molar-refractivity contribution in [3.8, 4) is 0 Å². The molecule has 0 radical (unpaired) electrons. The molecule has 2 aliphatic rings. The van der Waals surface area contributed by atoms with Crippen LogP contribution < -0.4 is 5.32 Å². The molecule has 1 spiro atoms. The van der Waals surface area contributed by atoms with Crippen molar-refractivity contribution in [2.24, 2.45) is 5.92 Å². The molecule has 1 N–H and O–H groups in total. The maximum absolute atomic E-state index is 12.2. The van der Waals surface area contributed by atoms with E-state index in [4.69, 9.17) is 0 Å². The SMILES string of the molecule is CC(C)CC1CN(CCOC(F)(F)F)C2(CCCC2)CN1. The Bertz CT molecular complexity index is 327. The highest BCUT2D eigenvalue weighted by Crippen LogP contribution is 2.37. The lowest BCUT2D eigenvalue weighted by Gasteiger charge is -2.48. The van der Waals surface area contributed by atoms with Gasteiger partial charge in [-0.1, -0.05) is 26.7 Å². The molecule has 1 aliphatic carbocycles. The molecule has 1 atom stereocenters. The summed E-state index contributed by atoms with van der Waals surface area (Å²) in [5.74, 6) is 0.591. The minimum atomic E-state index is -4.52. The number of alkyl halides is 3. The zero-order valence-corrected chi connectivity index (χ0v) is 13.0. The van der Waals surface area contributed by atoms with Crippen molar-refractivity contribution in [1.29, 1.82) is 0 Å². The van der Waals surface area contributed by atoms with Gasteiger partial charge in [0.25, 0.3) is 0 Å². The van der Waals surface area contributed by atoms with E-state index < -0.39 is 6.36 Å². The zero-order valence-electron chi connectivity index (χ0n) is 13.0. The molecule has 6 heteroatoms. The van der Waals surface area contributed by atoms with E-state index in [1.807, 2.05) is 0 Å². The van der Waals surface area contributed by atoms with Gasteiger partial charge in [0.2, 0.25) is 0 Å². The molecule has 1 aliphatic heterocycles. The van der Waals surface area contributed by atoms with Gasteiger partial charge in [0.05, 0.1) is 6.61 Å². The predicted octanol–water partition coefficient (Wildman–Crippen LogP) is 3.16. The molecule has 124 valence electrons. The minimum absolute atomic E-state index is 0.0580. The summed E-state index contributed by atoms with van der Waals surface area (Å²) in [5, 5.41) is 3.62. The first kappa shape index (κ1) is 17.0. The molecule has 1 unspecified atom stereocenters. The quantitative estimate of drug-likeness (QED) is 0.844. The second-order valence-corrected chi connectivity index (χ2v) is 6.88. The Morgan fingerprint density at radius 3 is 2.52 bits per heavy atom. The molecular weight excluding hydrogens is 281 g/mol. The fourth-order valence-corrected chi connectivity index (χ4v) is 3.82. The van der Waals surface area contributed by atoms with Crippen molar-refractivity contribution in [2.75, 3.05) is 26.2 Å². The van der Waals surface area contributed by atoms with Crippen LogP contribution in [-0.4, -0.2) is 49.1 Å². The maximum atomic E-state index is 12.2. The lowest BCUT2D eigenvalue weighted by molar-refractivity contribution is -0.325. The second-order valence-electron chi connectivity index (χ2n) is 6.88. The molecule has 0 aromatic carbocycles. The molecule has 3 nitrogen and oxygen atoms in total. The molecule has 0 aromatic heterocycles. The van der Waals surface area contributed by atoms with E-state index in [9.17, 15) is 13.2 Å². The average Bonchev–Trinajstić information content (AvgIpc) is 2.81. The van der Waals surface area contributed by atoms with Crippen molar-refractivity contribution in [2.45, 2.75) is 63.9 Å². The van der Waals surface area contributed by atoms with Crippen LogP contribution in [0.25, 0.3) is 0 Å². The zero-order chi connectivity index (χ0) is 15.5. The Hall–Kier alpha value is -0.330. The number of piperazine rings is 1. The van der Waals surface area contributed by atoms with Crippen LogP contribution in [0.15, 0.2) is 0 Å². The van der Waals surface area contributed by atoms with Gasteiger partial charge in [-0.2, -0.15) is 0 Å². The number of hydrogen-bond donors (Lipinski definition) is 1. The minimum Gasteiger partial charge on any atom is -0.311 e. The van der Waals surface area contributed by atoms with Crippen molar-refractivity contribution >= 4 is 0 Å². The Morgan fingerprint density at radius 1 is 1.29 bits per heavy atom. The lowest BCUT2D eigenvalue weighted by Crippen LogP contribution is -2.64. The van der Waals surface area contributed by atoms with Crippen molar-refractivity contribution in [3.63, 3.8) is 0 Å². The molecule has 2 fully saturated rings. The predicted molar refractivity (Wildman–Crippen MR) is 76.0 cm³/mol. The van der Waals surface area contributed by atoms with Crippen LogP contribution in [0.2, 0.25) is 0 Å². The molecule has 1 saturated carbocycles. The summed E-state index contributed by atoms with van der Waals surface area (Å²) < 4.78 is 40.5. The number of nitrogens with zero attached hydrogens (tertiary/aromatic N) is 1. The highest BCUT2D eigenvalue weighted by Gasteiger charge is 2.43. The number of ether oxygens (including phenoxy) is 1. The number of nitrogens with one attached hydrogen (secondary N) is 1. The number of rotatable bonds is 5. The first-order valence-electron chi connectivity index (χ1n) is 8.00. The van der Waals surface area contributed by atoms with Crippen LogP contribution >= 0.6 is 0 Å². The number of halogens is 3. The molecular formula is C15H27F3N2O. The second kappa shape index (κ2) is 6.84. The summed E-state index contributed by atoms with van der Waals surface area (Å²) in [6, 6.07) is 0.377. The fraction of sp³-hybridized carbons (Fsp3) is 1.00.